The van der Waals surface area contributed by atoms with E-state index in [0.717, 1.165) is 31.4 Å². The molecule has 1 aromatic rings. The van der Waals surface area contributed by atoms with Crippen molar-refractivity contribution in [3.8, 4) is 5.75 Å². The second kappa shape index (κ2) is 8.56. The Labute approximate surface area is 138 Å². The van der Waals surface area contributed by atoms with Crippen molar-refractivity contribution in [2.24, 2.45) is 0 Å². The smallest absolute Gasteiger partial charge is 0.258 e. The number of hydrogen-bond acceptors (Lipinski definition) is 3. The van der Waals surface area contributed by atoms with Crippen LogP contribution in [0.2, 0.25) is 0 Å². The second-order valence-electron chi connectivity index (χ2n) is 6.02. The van der Waals surface area contributed by atoms with Gasteiger partial charge in [0.1, 0.15) is 5.75 Å². The monoisotopic (exact) mass is 318 g/mol. The Balaban J connectivity index is 1.73. The lowest BCUT2D eigenvalue weighted by Gasteiger charge is -2.35. The third kappa shape index (κ3) is 5.27. The van der Waals surface area contributed by atoms with Gasteiger partial charge in [-0.3, -0.25) is 9.59 Å². The number of rotatable bonds is 6. The second-order valence-corrected chi connectivity index (χ2v) is 6.02. The van der Waals surface area contributed by atoms with E-state index in [9.17, 15) is 9.59 Å². The van der Waals surface area contributed by atoms with Gasteiger partial charge in [-0.1, -0.05) is 24.6 Å². The first kappa shape index (κ1) is 17.3. The number of carbonyl (C=O) groups is 2. The molecule has 0 saturated carbocycles. The van der Waals surface area contributed by atoms with Gasteiger partial charge in [0.25, 0.3) is 5.91 Å². The summed E-state index contributed by atoms with van der Waals surface area (Å²) in [6.07, 6.45) is 4.26. The molecule has 1 aromatic carbocycles. The van der Waals surface area contributed by atoms with E-state index in [1.54, 1.807) is 0 Å². The molecule has 1 fully saturated rings. The standard InChI is InChI=1S/C18H26N2O3/c1-3-15-6-4-5-11-20(15)18(22)12-19-17(21)13-23-16-9-7-14(2)8-10-16/h7-10,15H,3-6,11-13H2,1-2H3,(H,19,21). The van der Waals surface area contributed by atoms with Gasteiger partial charge in [0.05, 0.1) is 6.54 Å². The fraction of sp³-hybridized carbons (Fsp3) is 0.556. The molecule has 0 aliphatic carbocycles. The van der Waals surface area contributed by atoms with Crippen LogP contribution in [0.5, 0.6) is 5.75 Å². The van der Waals surface area contributed by atoms with Crippen molar-refractivity contribution >= 4 is 11.8 Å². The average Bonchev–Trinajstić information content (AvgIpc) is 2.59. The van der Waals surface area contributed by atoms with Crippen LogP contribution in [-0.2, 0) is 9.59 Å². The van der Waals surface area contributed by atoms with Crippen molar-refractivity contribution in [1.82, 2.24) is 10.2 Å². The van der Waals surface area contributed by atoms with Gasteiger partial charge < -0.3 is 15.0 Å². The minimum absolute atomic E-state index is 0.000218. The Hall–Kier alpha value is -2.04. The van der Waals surface area contributed by atoms with Crippen LogP contribution in [0, 0.1) is 6.92 Å². The predicted molar refractivity (Wildman–Crippen MR) is 89.3 cm³/mol. The number of ether oxygens (including phenoxy) is 1. The fourth-order valence-electron chi connectivity index (χ4n) is 2.86. The maximum Gasteiger partial charge on any atom is 0.258 e. The molecule has 1 saturated heterocycles. The Morgan fingerprint density at radius 2 is 2.00 bits per heavy atom. The molecule has 0 radical (unpaired) electrons. The molecule has 2 amide bonds. The van der Waals surface area contributed by atoms with Crippen molar-refractivity contribution in [3.63, 3.8) is 0 Å². The molecule has 1 heterocycles. The van der Waals surface area contributed by atoms with E-state index < -0.39 is 0 Å². The van der Waals surface area contributed by atoms with Gasteiger partial charge >= 0.3 is 0 Å². The van der Waals surface area contributed by atoms with E-state index in [2.05, 4.69) is 12.2 Å². The predicted octanol–water partition coefficient (Wildman–Crippen LogP) is 2.28. The van der Waals surface area contributed by atoms with Crippen LogP contribution in [-0.4, -0.2) is 42.5 Å². The molecule has 126 valence electrons. The van der Waals surface area contributed by atoms with E-state index in [0.29, 0.717) is 11.8 Å². The number of nitrogens with one attached hydrogen (secondary N) is 1. The molecule has 1 N–H and O–H groups in total. The summed E-state index contributed by atoms with van der Waals surface area (Å²) in [4.78, 5) is 26.0. The maximum atomic E-state index is 12.3. The number of likely N-dealkylation sites (tertiary alicyclic amines) is 1. The molecule has 5 heteroatoms. The van der Waals surface area contributed by atoms with Crippen molar-refractivity contribution in [1.29, 1.82) is 0 Å². The molecule has 1 atom stereocenters. The summed E-state index contributed by atoms with van der Waals surface area (Å²) in [5, 5.41) is 2.65. The highest BCUT2D eigenvalue weighted by Crippen LogP contribution is 2.19. The number of hydrogen-bond donors (Lipinski definition) is 1. The third-order valence-electron chi connectivity index (χ3n) is 4.25. The Morgan fingerprint density at radius 1 is 1.26 bits per heavy atom. The number of aryl methyl sites for hydroxylation is 1. The van der Waals surface area contributed by atoms with Crippen LogP contribution in [0.4, 0.5) is 0 Å². The first-order valence-electron chi connectivity index (χ1n) is 8.35. The highest BCUT2D eigenvalue weighted by molar-refractivity contribution is 5.85. The van der Waals surface area contributed by atoms with Crippen LogP contribution >= 0.6 is 0 Å². The van der Waals surface area contributed by atoms with Crippen molar-refractivity contribution < 1.29 is 14.3 Å². The summed E-state index contributed by atoms with van der Waals surface area (Å²) in [6, 6.07) is 7.83. The number of nitrogens with zero attached hydrogens (tertiary/aromatic N) is 1. The van der Waals surface area contributed by atoms with Crippen LogP contribution in [0.25, 0.3) is 0 Å². The van der Waals surface area contributed by atoms with Gasteiger partial charge in [0.15, 0.2) is 6.61 Å². The molecule has 0 aromatic heterocycles. The lowest BCUT2D eigenvalue weighted by molar-refractivity contribution is -0.136. The first-order valence-corrected chi connectivity index (χ1v) is 8.35. The van der Waals surface area contributed by atoms with Crippen molar-refractivity contribution in [2.75, 3.05) is 19.7 Å². The summed E-state index contributed by atoms with van der Waals surface area (Å²) in [7, 11) is 0. The van der Waals surface area contributed by atoms with Gasteiger partial charge in [-0.25, -0.2) is 0 Å². The molecule has 2 rings (SSSR count). The third-order valence-corrected chi connectivity index (χ3v) is 4.25. The Bertz CT molecular complexity index is 528. The number of benzene rings is 1. The Kier molecular flexibility index (Phi) is 6.44. The summed E-state index contributed by atoms with van der Waals surface area (Å²) >= 11 is 0. The molecular formula is C18H26N2O3. The summed E-state index contributed by atoms with van der Waals surface area (Å²) in [6.45, 7) is 4.86. The fourth-order valence-corrected chi connectivity index (χ4v) is 2.86. The zero-order chi connectivity index (χ0) is 16.7. The van der Waals surface area contributed by atoms with Crippen molar-refractivity contribution in [2.45, 2.75) is 45.6 Å². The average molecular weight is 318 g/mol. The molecule has 0 spiro atoms. The molecular weight excluding hydrogens is 292 g/mol. The van der Waals surface area contributed by atoms with Crippen molar-refractivity contribution in [3.05, 3.63) is 29.8 Å². The number of amides is 2. The highest BCUT2D eigenvalue weighted by atomic mass is 16.5. The van der Waals surface area contributed by atoms with E-state index in [1.807, 2.05) is 36.1 Å². The molecule has 5 nitrogen and oxygen atoms in total. The number of carbonyl (C=O) groups excluding carboxylic acids is 2. The summed E-state index contributed by atoms with van der Waals surface area (Å²) < 4.78 is 5.41. The zero-order valence-electron chi connectivity index (χ0n) is 14.0. The first-order chi connectivity index (χ1) is 11.1. The zero-order valence-corrected chi connectivity index (χ0v) is 14.0. The number of piperidine rings is 1. The SMILES string of the molecule is CCC1CCCCN1C(=O)CNC(=O)COc1ccc(C)cc1. The van der Waals surface area contributed by atoms with Gasteiger partial charge in [0, 0.05) is 12.6 Å². The Morgan fingerprint density at radius 3 is 2.70 bits per heavy atom. The largest absolute Gasteiger partial charge is 0.484 e. The van der Waals surface area contributed by atoms with Crippen LogP contribution in [0.15, 0.2) is 24.3 Å². The van der Waals surface area contributed by atoms with E-state index >= 15 is 0 Å². The minimum atomic E-state index is -0.274. The van der Waals surface area contributed by atoms with Gasteiger partial charge in [0.2, 0.25) is 5.91 Å². The minimum Gasteiger partial charge on any atom is -0.484 e. The van der Waals surface area contributed by atoms with Gasteiger partial charge in [-0.05, 0) is 44.7 Å². The molecule has 1 aliphatic heterocycles. The van der Waals surface area contributed by atoms with Crippen LogP contribution in [0.3, 0.4) is 0 Å². The maximum absolute atomic E-state index is 12.3. The summed E-state index contributed by atoms with van der Waals surface area (Å²) in [5.74, 6) is 0.378. The van der Waals surface area contributed by atoms with Gasteiger partial charge in [-0.15, -0.1) is 0 Å². The topological polar surface area (TPSA) is 58.6 Å². The molecule has 0 bridgehead atoms. The van der Waals surface area contributed by atoms with Crippen LogP contribution in [0.1, 0.15) is 38.2 Å². The molecule has 1 aliphatic rings. The molecule has 1 unspecified atom stereocenters. The summed E-state index contributed by atoms with van der Waals surface area (Å²) in [5.41, 5.74) is 1.14. The quantitative estimate of drug-likeness (QED) is 0.875. The molecule has 23 heavy (non-hydrogen) atoms. The lowest BCUT2D eigenvalue weighted by Crippen LogP contribution is -2.48. The van der Waals surface area contributed by atoms with E-state index in [1.165, 1.54) is 6.42 Å². The van der Waals surface area contributed by atoms with E-state index in [-0.39, 0.29) is 25.0 Å². The van der Waals surface area contributed by atoms with Crippen LogP contribution < -0.4 is 10.1 Å². The van der Waals surface area contributed by atoms with Gasteiger partial charge in [-0.2, -0.15) is 0 Å². The highest BCUT2D eigenvalue weighted by Gasteiger charge is 2.25. The lowest BCUT2D eigenvalue weighted by atomic mass is 10.00. The normalized spacial score (nSPS) is 17.7. The van der Waals surface area contributed by atoms with E-state index in [4.69, 9.17) is 4.74 Å².